The molecule has 4 atom stereocenters. The number of amidine groups is 1. The third-order valence-corrected chi connectivity index (χ3v) is 3.01. The molecule has 0 spiro atoms. The summed E-state index contributed by atoms with van der Waals surface area (Å²) in [6, 6.07) is 0. The van der Waals surface area contributed by atoms with E-state index in [2.05, 4.69) is 4.99 Å². The van der Waals surface area contributed by atoms with Crippen LogP contribution >= 0.6 is 17.0 Å². The van der Waals surface area contributed by atoms with Crippen molar-refractivity contribution in [3.8, 4) is 0 Å². The Bertz CT molecular complexity index is 375. The van der Waals surface area contributed by atoms with E-state index in [0.29, 0.717) is 18.3 Å². The molecule has 0 aromatic rings. The highest BCUT2D eigenvalue weighted by atomic mass is 79.9. The van der Waals surface area contributed by atoms with E-state index >= 15 is 0 Å². The van der Waals surface area contributed by atoms with Crippen LogP contribution in [0.1, 0.15) is 0 Å². The molecule has 96 valence electrons. The van der Waals surface area contributed by atoms with Crippen molar-refractivity contribution in [2.24, 2.45) is 10.7 Å². The van der Waals surface area contributed by atoms with Crippen LogP contribution in [0.3, 0.4) is 0 Å². The molecular formula is C9H14BrN3O4. The van der Waals surface area contributed by atoms with E-state index in [-0.39, 0.29) is 23.6 Å². The Morgan fingerprint density at radius 3 is 2.94 bits per heavy atom. The van der Waals surface area contributed by atoms with E-state index in [0.717, 1.165) is 0 Å². The highest BCUT2D eigenvalue weighted by Crippen LogP contribution is 2.28. The maximum Gasteiger partial charge on any atom is 0.177 e. The zero-order valence-corrected chi connectivity index (χ0v) is 10.6. The molecule has 1 unspecified atom stereocenters. The number of nitrogens with two attached hydrogens (primary N) is 1. The second-order valence-electron chi connectivity index (χ2n) is 4.05. The fraction of sp³-hybridized carbons (Fsp3) is 0.667. The van der Waals surface area contributed by atoms with Crippen LogP contribution in [0, 0.1) is 0 Å². The quantitative estimate of drug-likeness (QED) is 0.504. The van der Waals surface area contributed by atoms with E-state index in [1.807, 2.05) is 0 Å². The second kappa shape index (κ2) is 4.45. The molecule has 0 saturated carbocycles. The molecule has 3 rings (SSSR count). The van der Waals surface area contributed by atoms with Crippen LogP contribution in [0.4, 0.5) is 0 Å². The zero-order chi connectivity index (χ0) is 11.3. The number of aliphatic hydroxyl groups excluding tert-OH is 2. The van der Waals surface area contributed by atoms with E-state index in [4.69, 9.17) is 15.2 Å². The number of ether oxygens (including phenoxy) is 2. The monoisotopic (exact) mass is 307 g/mol. The van der Waals surface area contributed by atoms with Gasteiger partial charge < -0.3 is 30.3 Å². The van der Waals surface area contributed by atoms with E-state index in [1.54, 1.807) is 11.1 Å². The predicted molar refractivity (Wildman–Crippen MR) is 63.4 cm³/mol. The third kappa shape index (κ3) is 1.90. The van der Waals surface area contributed by atoms with E-state index in [9.17, 15) is 10.2 Å². The van der Waals surface area contributed by atoms with Crippen LogP contribution in [-0.2, 0) is 9.47 Å². The molecule has 4 N–H and O–H groups in total. The van der Waals surface area contributed by atoms with Crippen molar-refractivity contribution in [3.05, 3.63) is 12.0 Å². The Kier molecular flexibility index (Phi) is 3.30. The molecule has 1 saturated heterocycles. The standard InChI is InChI=1S/C9H13N3O4.BrH/c10-8-4-1-12(3-11-8)9-7(14)6(13)5(16-9)2-15-4;/h1,5-7,9,13-14H,2-3H2,(H2,10,11);1H/t5-,6-,7-,9?;/m1./s1. The van der Waals surface area contributed by atoms with Crippen molar-refractivity contribution in [2.45, 2.75) is 24.5 Å². The van der Waals surface area contributed by atoms with Gasteiger partial charge in [-0.15, -0.1) is 17.0 Å². The molecule has 1 fully saturated rings. The van der Waals surface area contributed by atoms with Gasteiger partial charge in [0.25, 0.3) is 0 Å². The van der Waals surface area contributed by atoms with Gasteiger partial charge in [0.05, 0.1) is 0 Å². The molecular weight excluding hydrogens is 294 g/mol. The van der Waals surface area contributed by atoms with Gasteiger partial charge in [-0.05, 0) is 0 Å². The van der Waals surface area contributed by atoms with Gasteiger partial charge in [-0.25, -0.2) is 4.99 Å². The van der Waals surface area contributed by atoms with Crippen molar-refractivity contribution >= 4 is 22.8 Å². The molecule has 3 aliphatic heterocycles. The Morgan fingerprint density at radius 2 is 2.18 bits per heavy atom. The minimum Gasteiger partial charge on any atom is -0.485 e. The van der Waals surface area contributed by atoms with Gasteiger partial charge in [-0.1, -0.05) is 0 Å². The summed E-state index contributed by atoms with van der Waals surface area (Å²) in [5.41, 5.74) is 5.65. The van der Waals surface area contributed by atoms with Gasteiger partial charge in [-0.3, -0.25) is 0 Å². The summed E-state index contributed by atoms with van der Waals surface area (Å²) in [5.74, 6) is 0.798. The SMILES string of the molecule is Br.NC1=NCN2C=C1OC[C@H]1OC2[C@H](O)[C@@H]1O. The highest BCUT2D eigenvalue weighted by Gasteiger charge is 2.47. The Hall–Kier alpha value is -0.830. The molecule has 3 aliphatic rings. The van der Waals surface area contributed by atoms with Crippen LogP contribution in [0.25, 0.3) is 0 Å². The fourth-order valence-electron chi connectivity index (χ4n) is 2.07. The summed E-state index contributed by atoms with van der Waals surface area (Å²) in [5, 5.41) is 19.5. The first-order valence-electron chi connectivity index (χ1n) is 5.09. The Labute approximate surface area is 108 Å². The van der Waals surface area contributed by atoms with Gasteiger partial charge >= 0.3 is 0 Å². The van der Waals surface area contributed by atoms with Crippen LogP contribution < -0.4 is 5.73 Å². The van der Waals surface area contributed by atoms with Crippen LogP contribution in [0.2, 0.25) is 0 Å². The topological polar surface area (TPSA) is 101 Å². The normalized spacial score (nSPS) is 39.3. The molecule has 7 nitrogen and oxygen atoms in total. The second-order valence-corrected chi connectivity index (χ2v) is 4.05. The number of fused-ring (bicyclic) bond motifs is 4. The molecule has 3 heterocycles. The van der Waals surface area contributed by atoms with Crippen molar-refractivity contribution in [1.82, 2.24) is 4.90 Å². The molecule has 17 heavy (non-hydrogen) atoms. The number of hydrogen-bond donors (Lipinski definition) is 3. The molecule has 4 bridgehead atoms. The lowest BCUT2D eigenvalue weighted by Gasteiger charge is -2.32. The lowest BCUT2D eigenvalue weighted by molar-refractivity contribution is -0.0921. The number of aliphatic imine (C=N–C) groups is 1. The molecule has 8 heteroatoms. The summed E-state index contributed by atoms with van der Waals surface area (Å²) in [6.07, 6.45) is -1.36. The fourth-order valence-corrected chi connectivity index (χ4v) is 2.07. The molecule has 0 aromatic heterocycles. The van der Waals surface area contributed by atoms with E-state index in [1.165, 1.54) is 0 Å². The first kappa shape index (κ1) is 12.6. The third-order valence-electron chi connectivity index (χ3n) is 3.01. The highest BCUT2D eigenvalue weighted by molar-refractivity contribution is 8.93. The van der Waals surface area contributed by atoms with Crippen molar-refractivity contribution in [3.63, 3.8) is 0 Å². The summed E-state index contributed by atoms with van der Waals surface area (Å²) >= 11 is 0. The predicted octanol–water partition coefficient (Wildman–Crippen LogP) is -1.49. The lowest BCUT2D eigenvalue weighted by atomic mass is 10.1. The Balaban J connectivity index is 0.00000108. The number of hydrogen-bond acceptors (Lipinski definition) is 7. The Morgan fingerprint density at radius 1 is 1.41 bits per heavy atom. The lowest BCUT2D eigenvalue weighted by Crippen LogP contribution is -2.44. The van der Waals surface area contributed by atoms with Gasteiger partial charge in [-0.2, -0.15) is 0 Å². The summed E-state index contributed by atoms with van der Waals surface area (Å²) in [6.45, 7) is 0.449. The van der Waals surface area contributed by atoms with Crippen LogP contribution in [-0.4, -0.2) is 58.8 Å². The number of aliphatic hydroxyl groups is 2. The van der Waals surface area contributed by atoms with E-state index < -0.39 is 24.5 Å². The molecule has 0 amide bonds. The van der Waals surface area contributed by atoms with Crippen molar-refractivity contribution in [1.29, 1.82) is 0 Å². The number of nitrogens with zero attached hydrogens (tertiary/aromatic N) is 2. The minimum absolute atomic E-state index is 0. The van der Waals surface area contributed by atoms with Gasteiger partial charge in [0, 0.05) is 6.20 Å². The molecule has 0 radical (unpaired) electrons. The smallest absolute Gasteiger partial charge is 0.177 e. The first-order valence-corrected chi connectivity index (χ1v) is 5.09. The van der Waals surface area contributed by atoms with Gasteiger partial charge in [0.2, 0.25) is 0 Å². The summed E-state index contributed by atoms with van der Waals surface area (Å²) < 4.78 is 10.9. The molecule has 0 aromatic carbocycles. The number of halogens is 1. The van der Waals surface area contributed by atoms with Crippen LogP contribution in [0.15, 0.2) is 17.0 Å². The average molecular weight is 308 g/mol. The summed E-state index contributed by atoms with van der Waals surface area (Å²) in [7, 11) is 0. The number of rotatable bonds is 0. The zero-order valence-electron chi connectivity index (χ0n) is 8.89. The average Bonchev–Trinajstić information content (AvgIpc) is 2.54. The minimum atomic E-state index is -0.960. The molecule has 0 aliphatic carbocycles. The van der Waals surface area contributed by atoms with Crippen molar-refractivity contribution in [2.75, 3.05) is 13.3 Å². The maximum absolute atomic E-state index is 9.81. The first-order chi connectivity index (χ1) is 7.66. The van der Waals surface area contributed by atoms with Crippen molar-refractivity contribution < 1.29 is 19.7 Å². The van der Waals surface area contributed by atoms with Gasteiger partial charge in [0.15, 0.2) is 17.8 Å². The largest absolute Gasteiger partial charge is 0.485 e. The summed E-state index contributed by atoms with van der Waals surface area (Å²) in [4.78, 5) is 5.71. The van der Waals surface area contributed by atoms with Gasteiger partial charge in [0.1, 0.15) is 31.6 Å². The maximum atomic E-state index is 9.81. The van der Waals surface area contributed by atoms with Crippen LogP contribution in [0.5, 0.6) is 0 Å².